The summed E-state index contributed by atoms with van der Waals surface area (Å²) in [5, 5.41) is 4.55. The third-order valence-corrected chi connectivity index (χ3v) is 5.68. The molecule has 0 radical (unpaired) electrons. The number of hydrogen-bond donors (Lipinski definition) is 1. The highest BCUT2D eigenvalue weighted by atomic mass is 35.5. The quantitative estimate of drug-likeness (QED) is 0.695. The lowest BCUT2D eigenvalue weighted by Crippen LogP contribution is -2.40. The van der Waals surface area contributed by atoms with Gasteiger partial charge in [-0.3, -0.25) is 4.79 Å². The van der Waals surface area contributed by atoms with Gasteiger partial charge in [-0.2, -0.15) is 0 Å². The third kappa shape index (κ3) is 4.32. The van der Waals surface area contributed by atoms with Gasteiger partial charge in [0.25, 0.3) is 0 Å². The first-order valence-corrected chi connectivity index (χ1v) is 10.1. The topological polar surface area (TPSA) is 58.1 Å². The Morgan fingerprint density at radius 2 is 2.00 bits per heavy atom. The number of nitrogens with zero attached hydrogens (tertiary/aromatic N) is 3. The molecule has 0 unspecified atom stereocenters. The maximum absolute atomic E-state index is 13.7. The summed E-state index contributed by atoms with van der Waals surface area (Å²) in [5.41, 5.74) is 2.18. The number of rotatable bonds is 4. The van der Waals surface area contributed by atoms with E-state index in [2.05, 4.69) is 20.2 Å². The number of piperidine rings is 1. The van der Waals surface area contributed by atoms with E-state index in [0.29, 0.717) is 17.1 Å². The first-order valence-electron chi connectivity index (χ1n) is 9.69. The Labute approximate surface area is 173 Å². The molecular weight excluding hydrogens is 391 g/mol. The standard InChI is InChI=1S/C22H22ClFN4O/c1-14-2-3-15(10-19(14)24)12-25-22(29)16-6-8-28(9-7-16)21-18-5-4-17(23)11-20(18)26-13-27-21/h2-5,10-11,13,16H,6-9,12H2,1H3,(H,25,29). The average Bonchev–Trinajstić information content (AvgIpc) is 2.74. The van der Waals surface area contributed by atoms with Crippen LogP contribution < -0.4 is 10.2 Å². The Kier molecular flexibility index (Phi) is 5.62. The number of aromatic nitrogens is 2. The largest absolute Gasteiger partial charge is 0.356 e. The molecule has 1 amide bonds. The van der Waals surface area contributed by atoms with Gasteiger partial charge in [0.1, 0.15) is 18.0 Å². The summed E-state index contributed by atoms with van der Waals surface area (Å²) in [5.74, 6) is 0.595. The molecule has 0 aliphatic carbocycles. The summed E-state index contributed by atoms with van der Waals surface area (Å²) in [6.45, 7) is 3.55. The number of aryl methyl sites for hydroxylation is 1. The second kappa shape index (κ2) is 8.33. The molecular formula is C22H22ClFN4O. The molecule has 0 spiro atoms. The van der Waals surface area contributed by atoms with Crippen molar-refractivity contribution in [3.05, 3.63) is 64.7 Å². The Balaban J connectivity index is 1.37. The van der Waals surface area contributed by atoms with E-state index in [0.717, 1.165) is 48.2 Å². The maximum Gasteiger partial charge on any atom is 0.223 e. The monoisotopic (exact) mass is 412 g/mol. The van der Waals surface area contributed by atoms with Crippen molar-refractivity contribution in [3.63, 3.8) is 0 Å². The Bertz CT molecular complexity index is 1050. The number of nitrogens with one attached hydrogen (secondary N) is 1. The van der Waals surface area contributed by atoms with Crippen LogP contribution in [0.1, 0.15) is 24.0 Å². The predicted octanol–water partition coefficient (Wildman–Crippen LogP) is 4.26. The second-order valence-electron chi connectivity index (χ2n) is 7.42. The Hall–Kier alpha value is -2.73. The van der Waals surface area contributed by atoms with Crippen LogP contribution >= 0.6 is 11.6 Å². The molecule has 0 bridgehead atoms. The molecule has 2 aromatic carbocycles. The average molecular weight is 413 g/mol. The molecule has 1 saturated heterocycles. The van der Waals surface area contributed by atoms with Crippen LogP contribution in [-0.4, -0.2) is 29.0 Å². The fraction of sp³-hybridized carbons (Fsp3) is 0.318. The normalized spacial score (nSPS) is 14.9. The predicted molar refractivity (Wildman–Crippen MR) is 112 cm³/mol. The summed E-state index contributed by atoms with van der Waals surface area (Å²) in [4.78, 5) is 23.5. The smallest absolute Gasteiger partial charge is 0.223 e. The number of benzene rings is 2. The highest BCUT2D eigenvalue weighted by Crippen LogP contribution is 2.29. The minimum absolute atomic E-state index is 0.0185. The van der Waals surface area contributed by atoms with Gasteiger partial charge in [0.15, 0.2) is 0 Å². The minimum atomic E-state index is -0.247. The number of hydrogen-bond acceptors (Lipinski definition) is 4. The second-order valence-corrected chi connectivity index (χ2v) is 7.86. The van der Waals surface area contributed by atoms with E-state index in [-0.39, 0.29) is 17.6 Å². The highest BCUT2D eigenvalue weighted by Gasteiger charge is 2.26. The van der Waals surface area contributed by atoms with Crippen molar-refractivity contribution in [1.82, 2.24) is 15.3 Å². The first-order chi connectivity index (χ1) is 14.0. The van der Waals surface area contributed by atoms with E-state index in [1.54, 1.807) is 19.3 Å². The molecule has 1 aliphatic heterocycles. The molecule has 3 aromatic rings. The Morgan fingerprint density at radius 1 is 1.21 bits per heavy atom. The van der Waals surface area contributed by atoms with Crippen molar-refractivity contribution < 1.29 is 9.18 Å². The maximum atomic E-state index is 13.7. The zero-order valence-corrected chi connectivity index (χ0v) is 16.9. The van der Waals surface area contributed by atoms with Crippen molar-refractivity contribution in [1.29, 1.82) is 0 Å². The summed E-state index contributed by atoms with van der Waals surface area (Å²) in [6.07, 6.45) is 3.04. The van der Waals surface area contributed by atoms with E-state index in [1.165, 1.54) is 6.07 Å². The van der Waals surface area contributed by atoms with Crippen LogP contribution in [0.5, 0.6) is 0 Å². The molecule has 1 aromatic heterocycles. The zero-order chi connectivity index (χ0) is 20.4. The van der Waals surface area contributed by atoms with Crippen molar-refractivity contribution >= 4 is 34.2 Å². The summed E-state index contributed by atoms with van der Waals surface area (Å²) >= 11 is 6.06. The van der Waals surface area contributed by atoms with Crippen LogP contribution in [0.25, 0.3) is 10.9 Å². The summed E-state index contributed by atoms with van der Waals surface area (Å²) < 4.78 is 13.7. The fourth-order valence-corrected chi connectivity index (χ4v) is 3.87. The number of carbonyl (C=O) groups is 1. The third-order valence-electron chi connectivity index (χ3n) is 5.45. The van der Waals surface area contributed by atoms with Gasteiger partial charge in [-0.25, -0.2) is 14.4 Å². The highest BCUT2D eigenvalue weighted by molar-refractivity contribution is 6.31. The van der Waals surface area contributed by atoms with Crippen molar-refractivity contribution in [2.24, 2.45) is 5.92 Å². The molecule has 1 aliphatic rings. The molecule has 2 heterocycles. The number of anilines is 1. The number of amides is 1. The SMILES string of the molecule is Cc1ccc(CNC(=O)C2CCN(c3ncnc4cc(Cl)ccc34)CC2)cc1F. The van der Waals surface area contributed by atoms with Crippen LogP contribution in [0.2, 0.25) is 5.02 Å². The van der Waals surface area contributed by atoms with Gasteiger partial charge in [-0.05, 0) is 55.2 Å². The van der Waals surface area contributed by atoms with Gasteiger partial charge in [-0.1, -0.05) is 23.7 Å². The lowest BCUT2D eigenvalue weighted by Gasteiger charge is -2.32. The number of carbonyl (C=O) groups excluding carboxylic acids is 1. The van der Waals surface area contributed by atoms with Crippen molar-refractivity contribution in [3.8, 4) is 0 Å². The van der Waals surface area contributed by atoms with Crippen molar-refractivity contribution in [2.75, 3.05) is 18.0 Å². The van der Waals surface area contributed by atoms with E-state index in [4.69, 9.17) is 11.6 Å². The van der Waals surface area contributed by atoms with E-state index in [9.17, 15) is 9.18 Å². The van der Waals surface area contributed by atoms with E-state index in [1.807, 2.05) is 24.3 Å². The van der Waals surface area contributed by atoms with Crippen LogP contribution in [-0.2, 0) is 11.3 Å². The zero-order valence-electron chi connectivity index (χ0n) is 16.2. The van der Waals surface area contributed by atoms with E-state index >= 15 is 0 Å². The van der Waals surface area contributed by atoms with Crippen LogP contribution in [0.15, 0.2) is 42.7 Å². The molecule has 0 atom stereocenters. The first kappa shape index (κ1) is 19.6. The number of halogens is 2. The summed E-state index contributed by atoms with van der Waals surface area (Å²) in [6, 6.07) is 10.7. The molecule has 0 saturated carbocycles. The van der Waals surface area contributed by atoms with Crippen LogP contribution in [0.4, 0.5) is 10.2 Å². The molecule has 1 N–H and O–H groups in total. The lowest BCUT2D eigenvalue weighted by molar-refractivity contribution is -0.125. The van der Waals surface area contributed by atoms with Crippen molar-refractivity contribution in [2.45, 2.75) is 26.3 Å². The number of fused-ring (bicyclic) bond motifs is 1. The van der Waals surface area contributed by atoms with Crippen LogP contribution in [0.3, 0.4) is 0 Å². The molecule has 29 heavy (non-hydrogen) atoms. The molecule has 1 fully saturated rings. The van der Waals surface area contributed by atoms with Gasteiger partial charge in [0.2, 0.25) is 5.91 Å². The molecule has 5 nitrogen and oxygen atoms in total. The molecule has 4 rings (SSSR count). The van der Waals surface area contributed by atoms with Gasteiger partial charge in [0.05, 0.1) is 5.52 Å². The summed E-state index contributed by atoms with van der Waals surface area (Å²) in [7, 11) is 0. The van der Waals surface area contributed by atoms with Gasteiger partial charge in [-0.15, -0.1) is 0 Å². The van der Waals surface area contributed by atoms with Gasteiger partial charge in [0, 0.05) is 36.0 Å². The molecule has 7 heteroatoms. The lowest BCUT2D eigenvalue weighted by atomic mass is 9.95. The Morgan fingerprint density at radius 3 is 2.76 bits per heavy atom. The van der Waals surface area contributed by atoms with Gasteiger partial charge < -0.3 is 10.2 Å². The van der Waals surface area contributed by atoms with E-state index < -0.39 is 0 Å². The molecule has 150 valence electrons. The fourth-order valence-electron chi connectivity index (χ4n) is 3.70. The van der Waals surface area contributed by atoms with Crippen LogP contribution in [0, 0.1) is 18.7 Å². The minimum Gasteiger partial charge on any atom is -0.356 e. The van der Waals surface area contributed by atoms with Gasteiger partial charge >= 0.3 is 0 Å².